The lowest BCUT2D eigenvalue weighted by atomic mass is 9.86. The molecule has 1 atom stereocenters. The molecule has 0 radical (unpaired) electrons. The molecule has 0 spiro atoms. The van der Waals surface area contributed by atoms with Crippen LogP contribution in [0.15, 0.2) is 0 Å². The third kappa shape index (κ3) is 2.35. The molecular formula is C11H20N2O3. The first-order chi connectivity index (χ1) is 7.39. The molecule has 0 bridgehead atoms. The zero-order chi connectivity index (χ0) is 12.3. The van der Waals surface area contributed by atoms with Gasteiger partial charge in [-0.1, -0.05) is 26.7 Å². The van der Waals surface area contributed by atoms with Crippen LogP contribution in [0.4, 0.5) is 0 Å². The molecule has 5 heteroatoms. The Morgan fingerprint density at radius 3 is 2.25 bits per heavy atom. The van der Waals surface area contributed by atoms with Crippen molar-refractivity contribution in [1.29, 1.82) is 0 Å². The first-order valence-corrected chi connectivity index (χ1v) is 5.72. The van der Waals surface area contributed by atoms with Crippen LogP contribution in [-0.2, 0) is 9.59 Å². The third-order valence-electron chi connectivity index (χ3n) is 3.33. The molecule has 5 nitrogen and oxygen atoms in total. The van der Waals surface area contributed by atoms with Gasteiger partial charge in [0.05, 0.1) is 0 Å². The van der Waals surface area contributed by atoms with Crippen LogP contribution < -0.4 is 11.1 Å². The van der Waals surface area contributed by atoms with Crippen LogP contribution in [0.2, 0.25) is 0 Å². The Balaban J connectivity index is 2.71. The largest absolute Gasteiger partial charge is 0.479 e. The van der Waals surface area contributed by atoms with Crippen LogP contribution in [0, 0.1) is 5.92 Å². The van der Waals surface area contributed by atoms with Gasteiger partial charge in [0.15, 0.2) is 5.54 Å². The van der Waals surface area contributed by atoms with Gasteiger partial charge in [-0.3, -0.25) is 4.79 Å². The number of carbonyl (C=O) groups excluding carboxylic acids is 1. The summed E-state index contributed by atoms with van der Waals surface area (Å²) in [6.45, 7) is 3.28. The van der Waals surface area contributed by atoms with Gasteiger partial charge in [-0.2, -0.15) is 0 Å². The van der Waals surface area contributed by atoms with E-state index in [0.717, 1.165) is 25.7 Å². The predicted octanol–water partition coefficient (Wildman–Crippen LogP) is 0.483. The molecule has 0 saturated heterocycles. The Labute approximate surface area is 95.4 Å². The van der Waals surface area contributed by atoms with Crippen molar-refractivity contribution in [2.45, 2.75) is 51.1 Å². The Morgan fingerprint density at radius 1 is 1.38 bits per heavy atom. The van der Waals surface area contributed by atoms with E-state index >= 15 is 0 Å². The van der Waals surface area contributed by atoms with E-state index in [1.54, 1.807) is 13.8 Å². The molecule has 0 aromatic heterocycles. The summed E-state index contributed by atoms with van der Waals surface area (Å²) in [6, 6.07) is 0.0912. The molecule has 1 amide bonds. The molecule has 1 saturated carbocycles. The number of carboxylic acid groups (broad SMARTS) is 1. The number of amides is 1. The average molecular weight is 228 g/mol. The van der Waals surface area contributed by atoms with E-state index in [-0.39, 0.29) is 6.04 Å². The second-order valence-electron chi connectivity index (χ2n) is 4.78. The minimum absolute atomic E-state index is 0.0912. The molecule has 1 rings (SSSR count). The number of hydrogen-bond acceptors (Lipinski definition) is 3. The maximum absolute atomic E-state index is 11.9. The van der Waals surface area contributed by atoms with E-state index in [1.807, 2.05) is 0 Å². The van der Waals surface area contributed by atoms with Crippen LogP contribution in [0.3, 0.4) is 0 Å². The summed E-state index contributed by atoms with van der Waals surface area (Å²) < 4.78 is 0. The van der Waals surface area contributed by atoms with Gasteiger partial charge in [-0.15, -0.1) is 0 Å². The maximum Gasteiger partial charge on any atom is 0.333 e. The highest BCUT2D eigenvalue weighted by molar-refractivity contribution is 6.06. The quantitative estimate of drug-likeness (QED) is 0.610. The van der Waals surface area contributed by atoms with E-state index in [0.29, 0.717) is 0 Å². The van der Waals surface area contributed by atoms with Crippen molar-refractivity contribution in [3.05, 3.63) is 0 Å². The topological polar surface area (TPSA) is 92.4 Å². The lowest BCUT2D eigenvalue weighted by Crippen LogP contribution is -2.64. The lowest BCUT2D eigenvalue weighted by molar-refractivity contribution is -0.151. The first kappa shape index (κ1) is 13.0. The number of carbonyl (C=O) groups is 2. The zero-order valence-corrected chi connectivity index (χ0v) is 9.82. The van der Waals surface area contributed by atoms with E-state index in [9.17, 15) is 9.59 Å². The van der Waals surface area contributed by atoms with Crippen molar-refractivity contribution in [1.82, 2.24) is 5.32 Å². The molecule has 0 aromatic rings. The summed E-state index contributed by atoms with van der Waals surface area (Å²) in [7, 11) is 0. The van der Waals surface area contributed by atoms with Crippen molar-refractivity contribution in [3.8, 4) is 0 Å². The van der Waals surface area contributed by atoms with E-state index in [2.05, 4.69) is 5.32 Å². The van der Waals surface area contributed by atoms with Gasteiger partial charge in [0.25, 0.3) is 5.91 Å². The normalized spacial score (nSPS) is 20.8. The van der Waals surface area contributed by atoms with Crippen LogP contribution in [0.5, 0.6) is 0 Å². The Hall–Kier alpha value is -1.10. The first-order valence-electron chi connectivity index (χ1n) is 5.72. The Bertz CT molecular complexity index is 285. The van der Waals surface area contributed by atoms with Crippen molar-refractivity contribution >= 4 is 11.9 Å². The average Bonchev–Trinajstić information content (AvgIpc) is 2.68. The van der Waals surface area contributed by atoms with E-state index in [1.165, 1.54) is 0 Å². The fraction of sp³-hybridized carbons (Fsp3) is 0.818. The fourth-order valence-electron chi connectivity index (χ4n) is 1.98. The Kier molecular flexibility index (Phi) is 3.91. The number of nitrogens with two attached hydrogens (primary N) is 1. The summed E-state index contributed by atoms with van der Waals surface area (Å²) >= 11 is 0. The SMILES string of the molecule is CC(C)[C@@](N)(C(=O)O)C(=O)NC1CCCC1. The van der Waals surface area contributed by atoms with Gasteiger partial charge >= 0.3 is 5.97 Å². The summed E-state index contributed by atoms with van der Waals surface area (Å²) in [6.07, 6.45) is 3.99. The minimum Gasteiger partial charge on any atom is -0.479 e. The van der Waals surface area contributed by atoms with Crippen LogP contribution in [0.25, 0.3) is 0 Å². The molecule has 0 heterocycles. The summed E-state index contributed by atoms with van der Waals surface area (Å²) in [4.78, 5) is 23.0. The van der Waals surface area contributed by atoms with Crippen molar-refractivity contribution in [3.63, 3.8) is 0 Å². The van der Waals surface area contributed by atoms with Gasteiger partial charge in [0, 0.05) is 6.04 Å². The number of nitrogens with one attached hydrogen (secondary N) is 1. The van der Waals surface area contributed by atoms with Crippen molar-refractivity contribution in [2.75, 3.05) is 0 Å². The molecule has 0 aromatic carbocycles. The van der Waals surface area contributed by atoms with Crippen molar-refractivity contribution < 1.29 is 14.7 Å². The van der Waals surface area contributed by atoms with Crippen molar-refractivity contribution in [2.24, 2.45) is 11.7 Å². The minimum atomic E-state index is -1.82. The summed E-state index contributed by atoms with van der Waals surface area (Å²) in [5.74, 6) is -2.27. The number of carboxylic acids is 1. The Morgan fingerprint density at radius 2 is 1.88 bits per heavy atom. The fourth-order valence-corrected chi connectivity index (χ4v) is 1.98. The van der Waals surface area contributed by atoms with E-state index in [4.69, 9.17) is 10.8 Å². The number of rotatable bonds is 4. The standard InChI is InChI=1S/C11H20N2O3/c1-7(2)11(12,10(15)16)9(14)13-8-5-3-4-6-8/h7-8H,3-6,12H2,1-2H3,(H,13,14)(H,15,16)/t11-/m0/s1. The van der Waals surface area contributed by atoms with Gasteiger partial charge in [-0.25, -0.2) is 4.79 Å². The van der Waals surface area contributed by atoms with Crippen LogP contribution in [0.1, 0.15) is 39.5 Å². The number of hydrogen-bond donors (Lipinski definition) is 3. The van der Waals surface area contributed by atoms with Gasteiger partial charge in [-0.05, 0) is 18.8 Å². The number of aliphatic carboxylic acids is 1. The smallest absolute Gasteiger partial charge is 0.333 e. The van der Waals surface area contributed by atoms with Crippen LogP contribution in [-0.4, -0.2) is 28.6 Å². The molecular weight excluding hydrogens is 208 g/mol. The monoisotopic (exact) mass is 228 g/mol. The van der Waals surface area contributed by atoms with Gasteiger partial charge < -0.3 is 16.2 Å². The molecule has 1 aliphatic carbocycles. The molecule has 0 unspecified atom stereocenters. The van der Waals surface area contributed by atoms with E-state index < -0.39 is 23.3 Å². The molecule has 16 heavy (non-hydrogen) atoms. The maximum atomic E-state index is 11.9. The predicted molar refractivity (Wildman–Crippen MR) is 59.8 cm³/mol. The highest BCUT2D eigenvalue weighted by atomic mass is 16.4. The van der Waals surface area contributed by atoms with Gasteiger partial charge in [0.2, 0.25) is 0 Å². The summed E-state index contributed by atoms with van der Waals surface area (Å²) in [5, 5.41) is 11.8. The molecule has 1 fully saturated rings. The zero-order valence-electron chi connectivity index (χ0n) is 9.82. The highest BCUT2D eigenvalue weighted by Gasteiger charge is 2.45. The lowest BCUT2D eigenvalue weighted by Gasteiger charge is -2.28. The second-order valence-corrected chi connectivity index (χ2v) is 4.78. The molecule has 1 aliphatic rings. The van der Waals surface area contributed by atoms with Gasteiger partial charge in [0.1, 0.15) is 0 Å². The molecule has 92 valence electrons. The highest BCUT2D eigenvalue weighted by Crippen LogP contribution is 2.20. The molecule has 4 N–H and O–H groups in total. The van der Waals surface area contributed by atoms with Crippen LogP contribution >= 0.6 is 0 Å². The second kappa shape index (κ2) is 4.82. The third-order valence-corrected chi connectivity index (χ3v) is 3.33. The summed E-state index contributed by atoms with van der Waals surface area (Å²) in [5.41, 5.74) is 3.88. The molecule has 0 aliphatic heterocycles.